The summed E-state index contributed by atoms with van der Waals surface area (Å²) >= 11 is 11.9. The van der Waals surface area contributed by atoms with Gasteiger partial charge >= 0.3 is 0 Å². The first-order valence-electron chi connectivity index (χ1n) is 4.88. The zero-order valence-electron chi connectivity index (χ0n) is 8.69. The molecule has 0 fully saturated rings. The van der Waals surface area contributed by atoms with Crippen LogP contribution in [0.4, 0.5) is 0 Å². The van der Waals surface area contributed by atoms with E-state index in [9.17, 15) is 4.79 Å². The topological polar surface area (TPSA) is 26.3 Å². The third-order valence-electron chi connectivity index (χ3n) is 2.14. The number of benzene rings is 2. The summed E-state index contributed by atoms with van der Waals surface area (Å²) in [7, 11) is 0. The predicted octanol–water partition coefficient (Wildman–Crippen LogP) is 4.60. The van der Waals surface area contributed by atoms with Gasteiger partial charge in [0.1, 0.15) is 22.8 Å². The number of hydrogen-bond donors (Lipinski definition) is 0. The molecule has 0 aromatic heterocycles. The van der Waals surface area contributed by atoms with Gasteiger partial charge in [0.05, 0.1) is 5.02 Å². The molecule has 0 radical (unpaired) electrons. The van der Waals surface area contributed by atoms with Gasteiger partial charge in [0.15, 0.2) is 0 Å². The molecular weight excluding hydrogens is 259 g/mol. The van der Waals surface area contributed by atoms with Gasteiger partial charge in [-0.2, -0.15) is 0 Å². The molecule has 2 aromatic rings. The largest absolute Gasteiger partial charge is 0.456 e. The van der Waals surface area contributed by atoms with Gasteiger partial charge in [0.2, 0.25) is 0 Å². The van der Waals surface area contributed by atoms with E-state index in [4.69, 9.17) is 27.9 Å². The summed E-state index contributed by atoms with van der Waals surface area (Å²) in [6.07, 6.45) is 0.756. The highest BCUT2D eigenvalue weighted by atomic mass is 35.5. The Morgan fingerprint density at radius 1 is 1.06 bits per heavy atom. The molecule has 2 nitrogen and oxygen atoms in total. The van der Waals surface area contributed by atoms with Crippen LogP contribution >= 0.6 is 23.2 Å². The van der Waals surface area contributed by atoms with Crippen LogP contribution in [0.5, 0.6) is 11.5 Å². The molecule has 2 aromatic carbocycles. The Labute approximate surface area is 109 Å². The maximum atomic E-state index is 10.6. The van der Waals surface area contributed by atoms with E-state index in [-0.39, 0.29) is 0 Å². The minimum atomic E-state index is 0.352. The molecule has 0 atom stereocenters. The molecule has 0 aliphatic carbocycles. The maximum absolute atomic E-state index is 10.6. The minimum Gasteiger partial charge on any atom is -0.456 e. The van der Waals surface area contributed by atoms with Gasteiger partial charge < -0.3 is 4.74 Å². The lowest BCUT2D eigenvalue weighted by Gasteiger charge is -2.08. The number of carbonyl (C=O) groups is 1. The average molecular weight is 267 g/mol. The zero-order valence-corrected chi connectivity index (χ0v) is 10.2. The number of hydrogen-bond acceptors (Lipinski definition) is 2. The van der Waals surface area contributed by atoms with Crippen LogP contribution < -0.4 is 4.74 Å². The van der Waals surface area contributed by atoms with Gasteiger partial charge in [-0.25, -0.2) is 0 Å². The smallest absolute Gasteiger partial charge is 0.150 e. The predicted molar refractivity (Wildman–Crippen MR) is 68.4 cm³/mol. The molecule has 0 N–H and O–H groups in total. The van der Waals surface area contributed by atoms with E-state index in [0.29, 0.717) is 27.1 Å². The molecule has 0 spiro atoms. The summed E-state index contributed by atoms with van der Waals surface area (Å²) in [5.74, 6) is 1.00. The van der Waals surface area contributed by atoms with Gasteiger partial charge in [0, 0.05) is 5.56 Å². The van der Waals surface area contributed by atoms with Crippen LogP contribution in [0.1, 0.15) is 10.4 Å². The van der Waals surface area contributed by atoms with Gasteiger partial charge in [-0.15, -0.1) is 0 Å². The first-order valence-corrected chi connectivity index (χ1v) is 5.63. The lowest BCUT2D eigenvalue weighted by atomic mass is 10.2. The Balaban J connectivity index is 2.31. The Hall–Kier alpha value is -1.51. The molecule has 0 aliphatic rings. The van der Waals surface area contributed by atoms with E-state index in [1.54, 1.807) is 42.5 Å². The van der Waals surface area contributed by atoms with Crippen LogP contribution in [-0.4, -0.2) is 6.29 Å². The summed E-state index contributed by atoms with van der Waals surface area (Å²) < 4.78 is 5.56. The van der Waals surface area contributed by atoms with Crippen molar-refractivity contribution in [3.8, 4) is 11.5 Å². The van der Waals surface area contributed by atoms with Crippen molar-refractivity contribution in [2.75, 3.05) is 0 Å². The van der Waals surface area contributed by atoms with Crippen molar-refractivity contribution >= 4 is 29.5 Å². The molecule has 0 heterocycles. The minimum absolute atomic E-state index is 0.352. The highest BCUT2D eigenvalue weighted by molar-refractivity contribution is 6.42. The number of halogens is 2. The summed E-state index contributed by atoms with van der Waals surface area (Å²) in [6.45, 7) is 0. The highest BCUT2D eigenvalue weighted by Crippen LogP contribution is 2.34. The Morgan fingerprint density at radius 2 is 1.82 bits per heavy atom. The normalized spacial score (nSPS) is 10.0. The summed E-state index contributed by atoms with van der Waals surface area (Å²) in [5.41, 5.74) is 0.542. The van der Waals surface area contributed by atoms with Gasteiger partial charge in [0.25, 0.3) is 0 Å². The summed E-state index contributed by atoms with van der Waals surface area (Å²) in [4.78, 5) is 10.6. The van der Waals surface area contributed by atoms with Crippen LogP contribution in [0.15, 0.2) is 42.5 Å². The van der Waals surface area contributed by atoms with E-state index in [1.807, 2.05) is 0 Å². The number of aldehydes is 1. The first kappa shape index (κ1) is 12.0. The average Bonchev–Trinajstić information content (AvgIpc) is 2.35. The lowest BCUT2D eigenvalue weighted by Crippen LogP contribution is -1.87. The molecule has 0 bridgehead atoms. The van der Waals surface area contributed by atoms with Crippen molar-refractivity contribution in [2.24, 2.45) is 0 Å². The molecule has 2 rings (SSSR count). The van der Waals surface area contributed by atoms with E-state index in [1.165, 1.54) is 0 Å². The van der Waals surface area contributed by atoms with Crippen molar-refractivity contribution < 1.29 is 9.53 Å². The molecule has 0 amide bonds. The second-order valence-corrected chi connectivity index (χ2v) is 4.13. The van der Waals surface area contributed by atoms with Crippen molar-refractivity contribution in [3.63, 3.8) is 0 Å². The summed E-state index contributed by atoms with van der Waals surface area (Å²) in [5, 5.41) is 0.779. The SMILES string of the molecule is O=Cc1cccc(Oc2cccc(Cl)c2Cl)c1. The molecule has 4 heteroatoms. The van der Waals surface area contributed by atoms with E-state index >= 15 is 0 Å². The second-order valence-electron chi connectivity index (χ2n) is 3.34. The Kier molecular flexibility index (Phi) is 3.67. The van der Waals surface area contributed by atoms with Crippen LogP contribution in [-0.2, 0) is 0 Å². The van der Waals surface area contributed by atoms with E-state index in [0.717, 1.165) is 6.29 Å². The van der Waals surface area contributed by atoms with Crippen LogP contribution in [0.2, 0.25) is 10.0 Å². The van der Waals surface area contributed by atoms with Crippen LogP contribution in [0, 0.1) is 0 Å². The quantitative estimate of drug-likeness (QED) is 0.760. The molecule has 17 heavy (non-hydrogen) atoms. The molecule has 0 saturated heterocycles. The third-order valence-corrected chi connectivity index (χ3v) is 2.94. The van der Waals surface area contributed by atoms with Crippen molar-refractivity contribution in [2.45, 2.75) is 0 Å². The standard InChI is InChI=1S/C13H8Cl2O2/c14-11-5-2-6-12(13(11)15)17-10-4-1-3-9(7-10)8-16/h1-8H. The molecule has 0 unspecified atom stereocenters. The van der Waals surface area contributed by atoms with E-state index in [2.05, 4.69) is 0 Å². The number of rotatable bonds is 3. The third kappa shape index (κ3) is 2.78. The molecule has 0 saturated carbocycles. The fourth-order valence-corrected chi connectivity index (χ4v) is 1.67. The summed E-state index contributed by atoms with van der Waals surface area (Å²) in [6, 6.07) is 11.9. The Bertz CT molecular complexity index is 553. The molecule has 0 aliphatic heterocycles. The van der Waals surface area contributed by atoms with Crippen molar-refractivity contribution in [1.29, 1.82) is 0 Å². The second kappa shape index (κ2) is 5.21. The van der Waals surface area contributed by atoms with Crippen LogP contribution in [0.3, 0.4) is 0 Å². The fourth-order valence-electron chi connectivity index (χ4n) is 1.34. The monoisotopic (exact) mass is 266 g/mol. The fraction of sp³-hybridized carbons (Fsp3) is 0. The van der Waals surface area contributed by atoms with Crippen molar-refractivity contribution in [3.05, 3.63) is 58.1 Å². The van der Waals surface area contributed by atoms with Gasteiger partial charge in [-0.05, 0) is 24.3 Å². The van der Waals surface area contributed by atoms with E-state index < -0.39 is 0 Å². The number of carbonyl (C=O) groups excluding carboxylic acids is 1. The van der Waals surface area contributed by atoms with Gasteiger partial charge in [-0.3, -0.25) is 4.79 Å². The highest BCUT2D eigenvalue weighted by Gasteiger charge is 2.06. The number of ether oxygens (including phenoxy) is 1. The lowest BCUT2D eigenvalue weighted by molar-refractivity contribution is 0.112. The van der Waals surface area contributed by atoms with Gasteiger partial charge in [-0.1, -0.05) is 41.4 Å². The molecule has 86 valence electrons. The first-order chi connectivity index (χ1) is 8.20. The Morgan fingerprint density at radius 3 is 2.59 bits per heavy atom. The zero-order chi connectivity index (χ0) is 12.3. The maximum Gasteiger partial charge on any atom is 0.150 e. The molecular formula is C13H8Cl2O2. The van der Waals surface area contributed by atoms with Crippen LogP contribution in [0.25, 0.3) is 0 Å². The van der Waals surface area contributed by atoms with Crippen molar-refractivity contribution in [1.82, 2.24) is 0 Å².